The van der Waals surface area contributed by atoms with Crippen LogP contribution in [0.4, 0.5) is 10.1 Å². The molecule has 3 rings (SSSR count). The van der Waals surface area contributed by atoms with Crippen molar-refractivity contribution in [2.24, 2.45) is 0 Å². The fourth-order valence-corrected chi connectivity index (χ4v) is 2.42. The van der Waals surface area contributed by atoms with Crippen LogP contribution in [0.1, 0.15) is 5.56 Å². The summed E-state index contributed by atoms with van der Waals surface area (Å²) >= 11 is 0. The highest BCUT2D eigenvalue weighted by Crippen LogP contribution is 2.33. The standard InChI is InChI=1S/C17H14FN/c1-11-6-7-15(17(19)10-11)13-8-9-16(18)14-5-3-2-4-12(13)14/h2-10H,19H2,1H3. The molecule has 0 saturated carbocycles. The molecule has 94 valence electrons. The van der Waals surface area contributed by atoms with Crippen molar-refractivity contribution >= 4 is 16.5 Å². The Labute approximate surface area is 111 Å². The van der Waals surface area contributed by atoms with E-state index in [4.69, 9.17) is 5.73 Å². The van der Waals surface area contributed by atoms with E-state index >= 15 is 0 Å². The Morgan fingerprint density at radius 1 is 0.842 bits per heavy atom. The van der Waals surface area contributed by atoms with E-state index in [0.717, 1.165) is 27.8 Å². The highest BCUT2D eigenvalue weighted by molar-refractivity contribution is 5.99. The molecule has 3 aromatic carbocycles. The summed E-state index contributed by atoms with van der Waals surface area (Å²) in [6.45, 7) is 2.00. The van der Waals surface area contributed by atoms with Gasteiger partial charge in [-0.3, -0.25) is 0 Å². The molecule has 0 heterocycles. The molecule has 0 aliphatic carbocycles. The van der Waals surface area contributed by atoms with E-state index < -0.39 is 0 Å². The number of nitrogen functional groups attached to an aromatic ring is 1. The Kier molecular flexibility index (Phi) is 2.71. The second kappa shape index (κ2) is 4.39. The van der Waals surface area contributed by atoms with Gasteiger partial charge in [0, 0.05) is 16.6 Å². The number of halogens is 1. The Hall–Kier alpha value is -2.35. The van der Waals surface area contributed by atoms with E-state index in [-0.39, 0.29) is 5.82 Å². The van der Waals surface area contributed by atoms with Crippen molar-refractivity contribution in [3.8, 4) is 11.1 Å². The molecule has 0 radical (unpaired) electrons. The van der Waals surface area contributed by atoms with Gasteiger partial charge in [-0.25, -0.2) is 4.39 Å². The zero-order valence-corrected chi connectivity index (χ0v) is 10.7. The maximum atomic E-state index is 13.8. The highest BCUT2D eigenvalue weighted by atomic mass is 19.1. The van der Waals surface area contributed by atoms with Crippen LogP contribution in [-0.2, 0) is 0 Å². The number of anilines is 1. The maximum Gasteiger partial charge on any atom is 0.131 e. The summed E-state index contributed by atoms with van der Waals surface area (Å²) in [4.78, 5) is 0. The predicted octanol–water partition coefficient (Wildman–Crippen LogP) is 4.54. The zero-order chi connectivity index (χ0) is 13.4. The molecule has 0 aliphatic rings. The molecule has 3 aromatic rings. The predicted molar refractivity (Wildman–Crippen MR) is 78.5 cm³/mol. The molecule has 19 heavy (non-hydrogen) atoms. The molecule has 0 spiro atoms. The number of aryl methyl sites for hydroxylation is 1. The topological polar surface area (TPSA) is 26.0 Å². The minimum atomic E-state index is -0.204. The molecule has 2 N–H and O–H groups in total. The first kappa shape index (κ1) is 11.7. The van der Waals surface area contributed by atoms with Gasteiger partial charge in [0.2, 0.25) is 0 Å². The lowest BCUT2D eigenvalue weighted by Crippen LogP contribution is -1.92. The molecule has 0 amide bonds. The maximum absolute atomic E-state index is 13.8. The summed E-state index contributed by atoms with van der Waals surface area (Å²) < 4.78 is 13.8. The number of nitrogens with two attached hydrogens (primary N) is 1. The van der Waals surface area contributed by atoms with Crippen LogP contribution >= 0.6 is 0 Å². The molecule has 0 aromatic heterocycles. The largest absolute Gasteiger partial charge is 0.398 e. The molecule has 1 nitrogen and oxygen atoms in total. The van der Waals surface area contributed by atoms with Crippen LogP contribution in [0.2, 0.25) is 0 Å². The molecule has 0 bridgehead atoms. The minimum Gasteiger partial charge on any atom is -0.398 e. The molecule has 0 unspecified atom stereocenters. The summed E-state index contributed by atoms with van der Waals surface area (Å²) in [5.41, 5.74) is 9.84. The Balaban J connectivity index is 2.34. The molecule has 0 aliphatic heterocycles. The SMILES string of the molecule is Cc1ccc(-c2ccc(F)c3ccccc23)c(N)c1. The van der Waals surface area contributed by atoms with E-state index in [2.05, 4.69) is 0 Å². The van der Waals surface area contributed by atoms with Gasteiger partial charge in [-0.1, -0.05) is 42.5 Å². The van der Waals surface area contributed by atoms with Crippen molar-refractivity contribution in [1.29, 1.82) is 0 Å². The average Bonchev–Trinajstić information content (AvgIpc) is 2.41. The number of rotatable bonds is 1. The number of hydrogen-bond acceptors (Lipinski definition) is 1. The fraction of sp³-hybridized carbons (Fsp3) is 0.0588. The van der Waals surface area contributed by atoms with Gasteiger partial charge < -0.3 is 5.73 Å². The van der Waals surface area contributed by atoms with Crippen molar-refractivity contribution < 1.29 is 4.39 Å². The lowest BCUT2D eigenvalue weighted by Gasteiger charge is -2.11. The smallest absolute Gasteiger partial charge is 0.131 e. The lowest BCUT2D eigenvalue weighted by molar-refractivity contribution is 0.640. The number of hydrogen-bond donors (Lipinski definition) is 1. The third kappa shape index (κ3) is 1.95. The van der Waals surface area contributed by atoms with Crippen LogP contribution < -0.4 is 5.73 Å². The monoisotopic (exact) mass is 251 g/mol. The van der Waals surface area contributed by atoms with Gasteiger partial charge in [-0.15, -0.1) is 0 Å². The van der Waals surface area contributed by atoms with Crippen LogP contribution in [-0.4, -0.2) is 0 Å². The van der Waals surface area contributed by atoms with Gasteiger partial charge >= 0.3 is 0 Å². The van der Waals surface area contributed by atoms with Crippen LogP contribution in [0, 0.1) is 12.7 Å². The first-order chi connectivity index (χ1) is 9.16. The highest BCUT2D eigenvalue weighted by Gasteiger charge is 2.09. The van der Waals surface area contributed by atoms with Crippen LogP contribution in [0.15, 0.2) is 54.6 Å². The average molecular weight is 251 g/mol. The Bertz CT molecular complexity index is 762. The van der Waals surface area contributed by atoms with Gasteiger partial charge in [0.05, 0.1) is 0 Å². The second-order valence-corrected chi connectivity index (χ2v) is 4.73. The van der Waals surface area contributed by atoms with Gasteiger partial charge in [0.1, 0.15) is 5.82 Å². The first-order valence-electron chi connectivity index (χ1n) is 6.20. The molecule has 0 fully saturated rings. The van der Waals surface area contributed by atoms with Crippen LogP contribution in [0.3, 0.4) is 0 Å². The first-order valence-corrected chi connectivity index (χ1v) is 6.20. The zero-order valence-electron chi connectivity index (χ0n) is 10.7. The summed E-state index contributed by atoms with van der Waals surface area (Å²) in [6.07, 6.45) is 0. The number of fused-ring (bicyclic) bond motifs is 1. The summed E-state index contributed by atoms with van der Waals surface area (Å²) in [7, 11) is 0. The van der Waals surface area contributed by atoms with E-state index in [1.807, 2.05) is 43.3 Å². The Morgan fingerprint density at radius 2 is 1.53 bits per heavy atom. The number of benzene rings is 3. The molecule has 0 atom stereocenters. The van der Waals surface area contributed by atoms with E-state index in [9.17, 15) is 4.39 Å². The van der Waals surface area contributed by atoms with E-state index in [1.54, 1.807) is 12.1 Å². The van der Waals surface area contributed by atoms with Crippen molar-refractivity contribution in [3.05, 3.63) is 66.0 Å². The molecule has 2 heteroatoms. The van der Waals surface area contributed by atoms with Gasteiger partial charge in [-0.2, -0.15) is 0 Å². The van der Waals surface area contributed by atoms with Crippen LogP contribution in [0.25, 0.3) is 21.9 Å². The quantitative estimate of drug-likeness (QED) is 0.631. The van der Waals surface area contributed by atoms with Gasteiger partial charge in [-0.05, 0) is 35.6 Å². The summed E-state index contributed by atoms with van der Waals surface area (Å²) in [5, 5.41) is 1.51. The third-order valence-electron chi connectivity index (χ3n) is 3.37. The van der Waals surface area contributed by atoms with Crippen molar-refractivity contribution in [2.45, 2.75) is 6.92 Å². The van der Waals surface area contributed by atoms with Crippen molar-refractivity contribution in [2.75, 3.05) is 5.73 Å². The summed E-state index contributed by atoms with van der Waals surface area (Å²) in [6, 6.07) is 16.7. The summed E-state index contributed by atoms with van der Waals surface area (Å²) in [5.74, 6) is -0.204. The second-order valence-electron chi connectivity index (χ2n) is 4.73. The lowest BCUT2D eigenvalue weighted by atomic mass is 9.96. The fourth-order valence-electron chi connectivity index (χ4n) is 2.42. The van der Waals surface area contributed by atoms with Crippen LogP contribution in [0.5, 0.6) is 0 Å². The minimum absolute atomic E-state index is 0.204. The van der Waals surface area contributed by atoms with Gasteiger partial charge in [0.15, 0.2) is 0 Å². The van der Waals surface area contributed by atoms with Crippen molar-refractivity contribution in [3.63, 3.8) is 0 Å². The van der Waals surface area contributed by atoms with E-state index in [1.165, 1.54) is 6.07 Å². The normalized spacial score (nSPS) is 10.8. The third-order valence-corrected chi connectivity index (χ3v) is 3.37. The Morgan fingerprint density at radius 3 is 2.26 bits per heavy atom. The molecule has 0 saturated heterocycles. The molecular weight excluding hydrogens is 237 g/mol. The molecular formula is C17H14FN. The van der Waals surface area contributed by atoms with Gasteiger partial charge in [0.25, 0.3) is 0 Å². The van der Waals surface area contributed by atoms with Crippen molar-refractivity contribution in [1.82, 2.24) is 0 Å². The van der Waals surface area contributed by atoms with E-state index in [0.29, 0.717) is 5.39 Å².